The van der Waals surface area contributed by atoms with E-state index < -0.39 is 0 Å². The van der Waals surface area contributed by atoms with Crippen LogP contribution < -0.4 is 11.1 Å². The standard InChI is InChI=1S/C18H18FN5S/c1-2-12-5-3-4-6-15(12)21-18-23-16(22-17(20)24-18)11-25-14-9-7-13(19)8-10-14/h3-10H,2,11H2,1H3,(H3,20,21,22,23,24). The van der Waals surface area contributed by atoms with E-state index in [1.807, 2.05) is 18.2 Å². The Morgan fingerprint density at radius 3 is 2.56 bits per heavy atom. The second kappa shape index (κ2) is 7.94. The van der Waals surface area contributed by atoms with Crippen LogP contribution in [0.3, 0.4) is 0 Å². The van der Waals surface area contributed by atoms with E-state index in [2.05, 4.69) is 33.3 Å². The maximum atomic E-state index is 13.0. The minimum Gasteiger partial charge on any atom is -0.368 e. The molecule has 3 aromatic rings. The van der Waals surface area contributed by atoms with Crippen LogP contribution in [0.5, 0.6) is 0 Å². The molecule has 5 nitrogen and oxygen atoms in total. The van der Waals surface area contributed by atoms with Gasteiger partial charge in [-0.15, -0.1) is 11.8 Å². The van der Waals surface area contributed by atoms with Crippen LogP contribution >= 0.6 is 11.8 Å². The van der Waals surface area contributed by atoms with Gasteiger partial charge in [-0.2, -0.15) is 15.0 Å². The highest BCUT2D eigenvalue weighted by Gasteiger charge is 2.08. The number of aryl methyl sites for hydroxylation is 1. The molecule has 3 rings (SSSR count). The molecule has 1 heterocycles. The molecule has 3 N–H and O–H groups in total. The molecule has 128 valence electrons. The first-order valence-corrected chi connectivity index (χ1v) is 8.86. The van der Waals surface area contributed by atoms with Crippen molar-refractivity contribution in [2.75, 3.05) is 11.1 Å². The van der Waals surface area contributed by atoms with Crippen molar-refractivity contribution in [3.63, 3.8) is 0 Å². The molecule has 0 amide bonds. The number of halogens is 1. The SMILES string of the molecule is CCc1ccccc1Nc1nc(N)nc(CSc2ccc(F)cc2)n1. The Kier molecular flexibility index (Phi) is 5.45. The first-order valence-electron chi connectivity index (χ1n) is 7.88. The highest BCUT2D eigenvalue weighted by molar-refractivity contribution is 7.98. The molecular formula is C18H18FN5S. The quantitative estimate of drug-likeness (QED) is 0.646. The number of aromatic nitrogens is 3. The van der Waals surface area contributed by atoms with E-state index in [9.17, 15) is 4.39 Å². The fourth-order valence-electron chi connectivity index (χ4n) is 2.31. The zero-order chi connectivity index (χ0) is 17.6. The topological polar surface area (TPSA) is 76.7 Å². The minimum atomic E-state index is -0.255. The van der Waals surface area contributed by atoms with Crippen LogP contribution in [-0.4, -0.2) is 15.0 Å². The van der Waals surface area contributed by atoms with Gasteiger partial charge in [0.2, 0.25) is 11.9 Å². The third-order valence-electron chi connectivity index (χ3n) is 3.53. The largest absolute Gasteiger partial charge is 0.368 e. The van der Waals surface area contributed by atoms with Crippen molar-refractivity contribution in [1.82, 2.24) is 15.0 Å². The van der Waals surface area contributed by atoms with Crippen molar-refractivity contribution in [2.45, 2.75) is 24.0 Å². The van der Waals surface area contributed by atoms with E-state index >= 15 is 0 Å². The molecule has 0 aliphatic rings. The van der Waals surface area contributed by atoms with E-state index in [0.717, 1.165) is 17.0 Å². The average Bonchev–Trinajstić information content (AvgIpc) is 2.61. The van der Waals surface area contributed by atoms with Crippen molar-refractivity contribution in [3.05, 3.63) is 65.7 Å². The molecule has 0 fully saturated rings. The molecule has 7 heteroatoms. The normalized spacial score (nSPS) is 10.6. The Balaban J connectivity index is 1.75. The van der Waals surface area contributed by atoms with E-state index in [1.165, 1.54) is 29.5 Å². The summed E-state index contributed by atoms with van der Waals surface area (Å²) in [6, 6.07) is 14.3. The molecule has 2 aromatic carbocycles. The fourth-order valence-corrected chi connectivity index (χ4v) is 3.06. The van der Waals surface area contributed by atoms with Gasteiger partial charge in [0.1, 0.15) is 11.6 Å². The monoisotopic (exact) mass is 355 g/mol. The van der Waals surface area contributed by atoms with Gasteiger partial charge in [-0.3, -0.25) is 0 Å². The van der Waals surface area contributed by atoms with Crippen molar-refractivity contribution in [2.24, 2.45) is 0 Å². The molecule has 0 radical (unpaired) electrons. The van der Waals surface area contributed by atoms with E-state index in [0.29, 0.717) is 17.5 Å². The third-order valence-corrected chi connectivity index (χ3v) is 4.53. The predicted octanol–water partition coefficient (Wildman–Crippen LogP) is 4.19. The van der Waals surface area contributed by atoms with Gasteiger partial charge in [-0.1, -0.05) is 25.1 Å². The van der Waals surface area contributed by atoms with Gasteiger partial charge in [0.05, 0.1) is 5.75 Å². The van der Waals surface area contributed by atoms with Crippen LogP contribution in [0.25, 0.3) is 0 Å². The smallest absolute Gasteiger partial charge is 0.232 e. The number of benzene rings is 2. The number of nitrogens with one attached hydrogen (secondary N) is 1. The Morgan fingerprint density at radius 2 is 1.80 bits per heavy atom. The first-order chi connectivity index (χ1) is 12.1. The van der Waals surface area contributed by atoms with Gasteiger partial charge in [0, 0.05) is 10.6 Å². The van der Waals surface area contributed by atoms with Gasteiger partial charge in [0.15, 0.2) is 0 Å². The molecule has 25 heavy (non-hydrogen) atoms. The minimum absolute atomic E-state index is 0.168. The summed E-state index contributed by atoms with van der Waals surface area (Å²) in [4.78, 5) is 13.7. The number of para-hydroxylation sites is 1. The van der Waals surface area contributed by atoms with Gasteiger partial charge in [-0.25, -0.2) is 4.39 Å². The Bertz CT molecular complexity index is 854. The zero-order valence-electron chi connectivity index (χ0n) is 13.7. The van der Waals surface area contributed by atoms with E-state index in [4.69, 9.17) is 5.73 Å². The number of nitrogens with two attached hydrogens (primary N) is 1. The fraction of sp³-hybridized carbons (Fsp3) is 0.167. The first kappa shape index (κ1) is 17.2. The third kappa shape index (κ3) is 4.67. The maximum absolute atomic E-state index is 13.0. The Morgan fingerprint density at radius 1 is 1.04 bits per heavy atom. The number of hydrogen-bond acceptors (Lipinski definition) is 6. The number of anilines is 3. The van der Waals surface area contributed by atoms with Crippen LogP contribution in [0.2, 0.25) is 0 Å². The van der Waals surface area contributed by atoms with Gasteiger partial charge in [0.25, 0.3) is 0 Å². The van der Waals surface area contributed by atoms with Gasteiger partial charge < -0.3 is 11.1 Å². The number of thioether (sulfide) groups is 1. The highest BCUT2D eigenvalue weighted by Crippen LogP contribution is 2.23. The van der Waals surface area contributed by atoms with Gasteiger partial charge in [-0.05, 0) is 42.3 Å². The summed E-state index contributed by atoms with van der Waals surface area (Å²) in [5.74, 6) is 1.42. The molecule has 0 aliphatic heterocycles. The molecule has 0 spiro atoms. The van der Waals surface area contributed by atoms with Crippen molar-refractivity contribution < 1.29 is 4.39 Å². The Labute approximate surface area is 149 Å². The summed E-state index contributed by atoms with van der Waals surface area (Å²) < 4.78 is 13.0. The lowest BCUT2D eigenvalue weighted by atomic mass is 10.1. The molecule has 0 unspecified atom stereocenters. The molecule has 0 atom stereocenters. The highest BCUT2D eigenvalue weighted by atomic mass is 32.2. The summed E-state index contributed by atoms with van der Waals surface area (Å²) in [7, 11) is 0. The van der Waals surface area contributed by atoms with Crippen LogP contribution in [0.1, 0.15) is 18.3 Å². The lowest BCUT2D eigenvalue weighted by molar-refractivity contribution is 0.626. The van der Waals surface area contributed by atoms with Gasteiger partial charge >= 0.3 is 0 Å². The molecular weight excluding hydrogens is 337 g/mol. The second-order valence-corrected chi connectivity index (χ2v) is 6.36. The van der Waals surface area contributed by atoms with Crippen molar-refractivity contribution >= 4 is 29.3 Å². The lowest BCUT2D eigenvalue weighted by Gasteiger charge is -2.10. The number of hydrogen-bond donors (Lipinski definition) is 2. The average molecular weight is 355 g/mol. The Hall–Kier alpha value is -2.67. The van der Waals surface area contributed by atoms with Crippen LogP contribution in [0.4, 0.5) is 22.0 Å². The summed E-state index contributed by atoms with van der Waals surface area (Å²) in [6.45, 7) is 2.09. The predicted molar refractivity (Wildman–Crippen MR) is 99.3 cm³/mol. The maximum Gasteiger partial charge on any atom is 0.232 e. The van der Waals surface area contributed by atoms with E-state index in [1.54, 1.807) is 12.1 Å². The molecule has 0 bridgehead atoms. The van der Waals surface area contributed by atoms with Crippen LogP contribution in [-0.2, 0) is 12.2 Å². The summed E-state index contributed by atoms with van der Waals surface area (Å²) in [5.41, 5.74) is 7.93. The van der Waals surface area contributed by atoms with Crippen molar-refractivity contribution in [3.8, 4) is 0 Å². The van der Waals surface area contributed by atoms with Crippen molar-refractivity contribution in [1.29, 1.82) is 0 Å². The van der Waals surface area contributed by atoms with Crippen LogP contribution in [0.15, 0.2) is 53.4 Å². The van der Waals surface area contributed by atoms with E-state index in [-0.39, 0.29) is 11.8 Å². The zero-order valence-corrected chi connectivity index (χ0v) is 14.6. The number of rotatable bonds is 6. The molecule has 0 saturated carbocycles. The molecule has 1 aromatic heterocycles. The summed E-state index contributed by atoms with van der Waals surface area (Å²) >= 11 is 1.51. The molecule has 0 aliphatic carbocycles. The number of nitrogens with zero attached hydrogens (tertiary/aromatic N) is 3. The summed E-state index contributed by atoms with van der Waals surface area (Å²) in [6.07, 6.45) is 0.900. The second-order valence-electron chi connectivity index (χ2n) is 5.31. The lowest BCUT2D eigenvalue weighted by Crippen LogP contribution is -2.07. The number of nitrogen functional groups attached to an aromatic ring is 1. The molecule has 0 saturated heterocycles. The summed E-state index contributed by atoms with van der Waals surface area (Å²) in [5, 5.41) is 3.21. The van der Waals surface area contributed by atoms with Crippen LogP contribution in [0, 0.1) is 5.82 Å².